The van der Waals surface area contributed by atoms with Crippen LogP contribution in [0, 0.1) is 0 Å². The van der Waals surface area contributed by atoms with Gasteiger partial charge in [0.2, 0.25) is 0 Å². The van der Waals surface area contributed by atoms with E-state index < -0.39 is 0 Å². The number of pyridine rings is 1. The van der Waals surface area contributed by atoms with Gasteiger partial charge in [-0.25, -0.2) is 0 Å². The maximum absolute atomic E-state index is 4.24. The van der Waals surface area contributed by atoms with Crippen molar-refractivity contribution in [1.82, 2.24) is 10.3 Å². The van der Waals surface area contributed by atoms with Gasteiger partial charge in [0.25, 0.3) is 0 Å². The third kappa shape index (κ3) is 3.31. The van der Waals surface area contributed by atoms with Gasteiger partial charge in [-0.2, -0.15) is 0 Å². The maximum Gasteiger partial charge on any atom is 0.0599 e. The quantitative estimate of drug-likeness (QED) is 0.866. The fraction of sp³-hybridized carbons (Fsp3) is 0.357. The summed E-state index contributed by atoms with van der Waals surface area (Å²) in [5.41, 5.74) is 2.50. The summed E-state index contributed by atoms with van der Waals surface area (Å²) in [6.07, 6.45) is 3.80. The number of anilines is 1. The van der Waals surface area contributed by atoms with Gasteiger partial charge in [0.1, 0.15) is 0 Å². The Kier molecular flexibility index (Phi) is 4.73. The number of hydrogen-bond donors (Lipinski definition) is 1. The van der Waals surface area contributed by atoms with E-state index in [1.165, 1.54) is 16.1 Å². The van der Waals surface area contributed by atoms with E-state index in [0.717, 1.165) is 19.6 Å². The highest BCUT2D eigenvalue weighted by Crippen LogP contribution is 2.21. The molecule has 0 saturated heterocycles. The summed E-state index contributed by atoms with van der Waals surface area (Å²) in [6, 6.07) is 6.35. The van der Waals surface area contributed by atoms with Crippen LogP contribution in [0.25, 0.3) is 0 Å². The van der Waals surface area contributed by atoms with Crippen molar-refractivity contribution in [3.8, 4) is 0 Å². The molecule has 18 heavy (non-hydrogen) atoms. The van der Waals surface area contributed by atoms with Crippen molar-refractivity contribution in [1.29, 1.82) is 0 Å². The molecule has 0 saturated carbocycles. The van der Waals surface area contributed by atoms with Crippen molar-refractivity contribution < 1.29 is 0 Å². The number of thiophene rings is 1. The van der Waals surface area contributed by atoms with Crippen molar-refractivity contribution >= 4 is 17.0 Å². The summed E-state index contributed by atoms with van der Waals surface area (Å²) >= 11 is 1.79. The smallest absolute Gasteiger partial charge is 0.0599 e. The Balaban J connectivity index is 2.11. The molecule has 0 aromatic carbocycles. The van der Waals surface area contributed by atoms with Crippen molar-refractivity contribution in [2.24, 2.45) is 0 Å². The molecule has 0 aliphatic carbocycles. The molecule has 0 atom stereocenters. The van der Waals surface area contributed by atoms with Gasteiger partial charge >= 0.3 is 0 Å². The molecule has 2 aromatic heterocycles. The number of nitrogens with one attached hydrogen (secondary N) is 1. The van der Waals surface area contributed by atoms with E-state index in [0.29, 0.717) is 0 Å². The Morgan fingerprint density at radius 1 is 1.39 bits per heavy atom. The molecule has 0 radical (unpaired) electrons. The molecule has 1 N–H and O–H groups in total. The second-order valence-corrected chi connectivity index (χ2v) is 5.25. The van der Waals surface area contributed by atoms with E-state index in [2.05, 4.69) is 52.8 Å². The summed E-state index contributed by atoms with van der Waals surface area (Å²) in [5, 5.41) is 5.48. The lowest BCUT2D eigenvalue weighted by Gasteiger charge is -2.21. The fourth-order valence-electron chi connectivity index (χ4n) is 1.89. The first-order chi connectivity index (χ1) is 8.81. The highest BCUT2D eigenvalue weighted by Gasteiger charge is 2.08. The van der Waals surface area contributed by atoms with Crippen LogP contribution in [0.3, 0.4) is 0 Å². The Hall–Kier alpha value is -1.39. The zero-order valence-electron chi connectivity index (χ0n) is 10.9. The summed E-state index contributed by atoms with van der Waals surface area (Å²) in [6.45, 7) is 4.93. The topological polar surface area (TPSA) is 28.2 Å². The van der Waals surface area contributed by atoms with E-state index in [1.807, 2.05) is 12.4 Å². The molecule has 0 aliphatic heterocycles. The lowest BCUT2D eigenvalue weighted by molar-refractivity contribution is 0.722. The van der Waals surface area contributed by atoms with Crippen molar-refractivity contribution in [2.75, 3.05) is 18.5 Å². The van der Waals surface area contributed by atoms with Crippen LogP contribution in [0.15, 0.2) is 36.0 Å². The minimum Gasteiger partial charge on any atom is -0.368 e. The molecular formula is C14H19N3S. The highest BCUT2D eigenvalue weighted by molar-refractivity contribution is 7.09. The molecule has 0 amide bonds. The van der Waals surface area contributed by atoms with Crippen molar-refractivity contribution in [2.45, 2.75) is 20.0 Å². The van der Waals surface area contributed by atoms with Gasteiger partial charge in [0.15, 0.2) is 0 Å². The van der Waals surface area contributed by atoms with Gasteiger partial charge < -0.3 is 10.2 Å². The molecule has 2 heterocycles. The first-order valence-corrected chi connectivity index (χ1v) is 7.06. The van der Waals surface area contributed by atoms with Crippen LogP contribution in [-0.4, -0.2) is 18.6 Å². The van der Waals surface area contributed by atoms with Crippen LogP contribution in [0.5, 0.6) is 0 Å². The zero-order chi connectivity index (χ0) is 12.8. The molecule has 0 aliphatic rings. The average Bonchev–Trinajstić information content (AvgIpc) is 2.89. The number of nitrogens with zero attached hydrogens (tertiary/aromatic N) is 2. The third-order valence-electron chi connectivity index (χ3n) is 2.84. The van der Waals surface area contributed by atoms with Gasteiger partial charge in [-0.05, 0) is 29.6 Å². The predicted octanol–water partition coefficient (Wildman–Crippen LogP) is 2.89. The molecule has 0 bridgehead atoms. The third-order valence-corrected chi connectivity index (χ3v) is 3.70. The summed E-state index contributed by atoms with van der Waals surface area (Å²) in [7, 11) is 2.12. The monoisotopic (exact) mass is 261 g/mol. The number of aromatic nitrogens is 1. The van der Waals surface area contributed by atoms with Crippen LogP contribution in [0.4, 0.5) is 5.69 Å². The first kappa shape index (κ1) is 13.1. The molecule has 2 rings (SSSR count). The summed E-state index contributed by atoms with van der Waals surface area (Å²) in [4.78, 5) is 7.86. The Labute approximate surface area is 112 Å². The first-order valence-electron chi connectivity index (χ1n) is 6.18. The summed E-state index contributed by atoms with van der Waals surface area (Å²) in [5.74, 6) is 0. The van der Waals surface area contributed by atoms with Crippen molar-refractivity contribution in [3.05, 3.63) is 46.4 Å². The number of hydrogen-bond acceptors (Lipinski definition) is 4. The Bertz CT molecular complexity index is 468. The largest absolute Gasteiger partial charge is 0.368 e. The van der Waals surface area contributed by atoms with Crippen LogP contribution >= 0.6 is 11.3 Å². The molecule has 0 spiro atoms. The minimum atomic E-state index is 0.892. The van der Waals surface area contributed by atoms with E-state index in [9.17, 15) is 0 Å². The fourth-order valence-corrected chi connectivity index (χ4v) is 2.65. The number of rotatable bonds is 6. The predicted molar refractivity (Wildman–Crippen MR) is 78.0 cm³/mol. The molecule has 96 valence electrons. The molecule has 0 fully saturated rings. The lowest BCUT2D eigenvalue weighted by atomic mass is 10.2. The lowest BCUT2D eigenvalue weighted by Crippen LogP contribution is -2.20. The highest BCUT2D eigenvalue weighted by atomic mass is 32.1. The Morgan fingerprint density at radius 3 is 3.00 bits per heavy atom. The average molecular weight is 261 g/mol. The zero-order valence-corrected chi connectivity index (χ0v) is 11.7. The van der Waals surface area contributed by atoms with Crippen LogP contribution in [0.1, 0.15) is 17.4 Å². The van der Waals surface area contributed by atoms with Gasteiger partial charge in [-0.1, -0.05) is 13.0 Å². The van der Waals surface area contributed by atoms with Crippen LogP contribution in [-0.2, 0) is 13.1 Å². The van der Waals surface area contributed by atoms with E-state index in [-0.39, 0.29) is 0 Å². The van der Waals surface area contributed by atoms with Crippen LogP contribution in [0.2, 0.25) is 0 Å². The molecule has 3 nitrogen and oxygen atoms in total. The van der Waals surface area contributed by atoms with Crippen molar-refractivity contribution in [3.63, 3.8) is 0 Å². The Morgan fingerprint density at radius 2 is 2.28 bits per heavy atom. The van der Waals surface area contributed by atoms with Gasteiger partial charge in [-0.15, -0.1) is 11.3 Å². The molecule has 4 heteroatoms. The summed E-state index contributed by atoms with van der Waals surface area (Å²) < 4.78 is 0. The molecule has 2 aromatic rings. The van der Waals surface area contributed by atoms with Gasteiger partial charge in [0, 0.05) is 24.7 Å². The van der Waals surface area contributed by atoms with E-state index in [4.69, 9.17) is 0 Å². The second-order valence-electron chi connectivity index (χ2n) is 4.22. The SMILES string of the molecule is CCNCc1ccncc1N(C)Cc1cccs1. The molecular weight excluding hydrogens is 242 g/mol. The normalized spacial score (nSPS) is 10.6. The second kappa shape index (κ2) is 6.52. The van der Waals surface area contributed by atoms with Gasteiger partial charge in [0.05, 0.1) is 18.4 Å². The maximum atomic E-state index is 4.24. The van der Waals surface area contributed by atoms with Crippen LogP contribution < -0.4 is 10.2 Å². The van der Waals surface area contributed by atoms with E-state index >= 15 is 0 Å². The standard InChI is InChI=1S/C14H19N3S/c1-3-15-9-12-6-7-16-10-14(12)17(2)11-13-5-4-8-18-13/h4-8,10,15H,3,9,11H2,1-2H3. The van der Waals surface area contributed by atoms with E-state index in [1.54, 1.807) is 11.3 Å². The molecule has 0 unspecified atom stereocenters. The van der Waals surface area contributed by atoms with Gasteiger partial charge in [-0.3, -0.25) is 4.98 Å². The minimum absolute atomic E-state index is 0.892.